The number of hydrazone groups is 1. The Morgan fingerprint density at radius 2 is 2.19 bits per heavy atom. The second-order valence-electron chi connectivity index (χ2n) is 5.14. The Bertz CT molecular complexity index is 567. The molecule has 0 saturated heterocycles. The zero-order chi connectivity index (χ0) is 15.4. The van der Waals surface area contributed by atoms with E-state index in [0.717, 1.165) is 22.5 Å². The number of rotatable bonds is 3. The quantitative estimate of drug-likeness (QED) is 0.681. The number of aromatic nitrogens is 2. The van der Waals surface area contributed by atoms with Crippen LogP contribution >= 0.6 is 0 Å². The zero-order valence-corrected chi connectivity index (χ0v) is 12.9. The van der Waals surface area contributed by atoms with E-state index in [2.05, 4.69) is 20.7 Å². The molecular formula is C14H21N5O2. The molecule has 0 fully saturated rings. The minimum atomic E-state index is -0.281. The van der Waals surface area contributed by atoms with Crippen LogP contribution in [0.5, 0.6) is 0 Å². The highest BCUT2D eigenvalue weighted by Crippen LogP contribution is 2.24. The molecule has 7 nitrogen and oxygen atoms in total. The van der Waals surface area contributed by atoms with Crippen molar-refractivity contribution in [3.63, 3.8) is 0 Å². The maximum absolute atomic E-state index is 11.8. The van der Waals surface area contributed by atoms with Crippen LogP contribution in [0.1, 0.15) is 37.6 Å². The number of carbonyl (C=O) groups is 1. The van der Waals surface area contributed by atoms with Gasteiger partial charge in [0.1, 0.15) is 0 Å². The Balaban J connectivity index is 2.22. The number of ether oxygens (including phenoxy) is 1. The number of hydrogen-bond acceptors (Lipinski definition) is 6. The van der Waals surface area contributed by atoms with E-state index in [1.165, 1.54) is 0 Å². The molecule has 0 bridgehead atoms. The normalized spacial score (nSPS) is 13.4. The van der Waals surface area contributed by atoms with E-state index in [0.29, 0.717) is 31.9 Å². The van der Waals surface area contributed by atoms with Gasteiger partial charge in [-0.05, 0) is 27.7 Å². The monoisotopic (exact) mass is 291 g/mol. The summed E-state index contributed by atoms with van der Waals surface area (Å²) in [7, 11) is 0. The molecule has 1 amide bonds. The fraction of sp³-hybridized carbons (Fsp3) is 0.571. The van der Waals surface area contributed by atoms with Gasteiger partial charge in [-0.1, -0.05) is 0 Å². The smallest absolute Gasteiger partial charge is 0.410 e. The zero-order valence-electron chi connectivity index (χ0n) is 12.9. The van der Waals surface area contributed by atoms with Gasteiger partial charge in [-0.3, -0.25) is 5.43 Å². The highest BCUT2D eigenvalue weighted by Gasteiger charge is 2.25. The van der Waals surface area contributed by atoms with Crippen LogP contribution < -0.4 is 5.43 Å². The van der Waals surface area contributed by atoms with Crippen molar-refractivity contribution in [1.82, 2.24) is 15.1 Å². The number of nitrogens with one attached hydrogen (secondary N) is 1. The molecule has 1 N–H and O–H groups in total. The molecule has 1 aromatic rings. The number of amides is 1. The standard InChI is InChI=1S/C14H21N5O2/c1-5-21-14(20)19-7-6-12-11(8-19)10(4)13(18-16-12)17-15-9(2)3/h5-8H2,1-4H3,(H,17,18). The van der Waals surface area contributed by atoms with Crippen molar-refractivity contribution in [2.24, 2.45) is 5.10 Å². The molecule has 0 unspecified atom stereocenters. The first-order chi connectivity index (χ1) is 10.0. The van der Waals surface area contributed by atoms with E-state index >= 15 is 0 Å². The summed E-state index contributed by atoms with van der Waals surface area (Å²) in [6, 6.07) is 0. The van der Waals surface area contributed by atoms with Crippen molar-refractivity contribution in [1.29, 1.82) is 0 Å². The van der Waals surface area contributed by atoms with E-state index in [4.69, 9.17) is 4.74 Å². The summed E-state index contributed by atoms with van der Waals surface area (Å²) in [6.07, 6.45) is 0.412. The summed E-state index contributed by atoms with van der Waals surface area (Å²) in [5.41, 5.74) is 6.75. The third-order valence-corrected chi connectivity index (χ3v) is 3.31. The van der Waals surface area contributed by atoms with Crippen molar-refractivity contribution >= 4 is 17.6 Å². The third kappa shape index (κ3) is 3.48. The summed E-state index contributed by atoms with van der Waals surface area (Å²) in [6.45, 7) is 9.06. The van der Waals surface area contributed by atoms with E-state index in [-0.39, 0.29) is 6.09 Å². The molecule has 2 rings (SSSR count). The minimum Gasteiger partial charge on any atom is -0.450 e. The Hall–Kier alpha value is -2.18. The average molecular weight is 291 g/mol. The van der Waals surface area contributed by atoms with Gasteiger partial charge in [0, 0.05) is 29.8 Å². The molecule has 0 radical (unpaired) electrons. The van der Waals surface area contributed by atoms with Crippen LogP contribution in [0.15, 0.2) is 5.10 Å². The molecule has 0 spiro atoms. The number of anilines is 1. The molecular weight excluding hydrogens is 270 g/mol. The molecule has 21 heavy (non-hydrogen) atoms. The Labute approximate surface area is 124 Å². The molecule has 0 atom stereocenters. The summed E-state index contributed by atoms with van der Waals surface area (Å²) < 4.78 is 5.06. The van der Waals surface area contributed by atoms with Crippen molar-refractivity contribution in [3.8, 4) is 0 Å². The molecule has 0 aliphatic carbocycles. The second-order valence-corrected chi connectivity index (χ2v) is 5.14. The Morgan fingerprint density at radius 3 is 2.86 bits per heavy atom. The van der Waals surface area contributed by atoms with Crippen LogP contribution in [0.25, 0.3) is 0 Å². The highest BCUT2D eigenvalue weighted by molar-refractivity contribution is 5.79. The lowest BCUT2D eigenvalue weighted by atomic mass is 10.0. The number of fused-ring (bicyclic) bond motifs is 1. The van der Waals surface area contributed by atoms with E-state index in [1.54, 1.807) is 11.8 Å². The van der Waals surface area contributed by atoms with Crippen molar-refractivity contribution < 1.29 is 9.53 Å². The third-order valence-electron chi connectivity index (χ3n) is 3.31. The van der Waals surface area contributed by atoms with Gasteiger partial charge in [-0.15, -0.1) is 5.10 Å². The fourth-order valence-corrected chi connectivity index (χ4v) is 2.17. The first-order valence-electron chi connectivity index (χ1n) is 7.06. The maximum atomic E-state index is 11.8. The van der Waals surface area contributed by atoms with Gasteiger partial charge < -0.3 is 9.64 Å². The van der Waals surface area contributed by atoms with E-state index in [9.17, 15) is 4.79 Å². The van der Waals surface area contributed by atoms with Crippen LogP contribution in [-0.4, -0.2) is 40.1 Å². The lowest BCUT2D eigenvalue weighted by molar-refractivity contribution is 0.102. The van der Waals surface area contributed by atoms with E-state index < -0.39 is 0 Å². The number of hydrogen-bond donors (Lipinski definition) is 1. The van der Waals surface area contributed by atoms with Gasteiger partial charge in [-0.2, -0.15) is 10.2 Å². The average Bonchev–Trinajstić information content (AvgIpc) is 2.46. The van der Waals surface area contributed by atoms with Gasteiger partial charge >= 0.3 is 6.09 Å². The van der Waals surface area contributed by atoms with Gasteiger partial charge in [0.2, 0.25) is 0 Å². The largest absolute Gasteiger partial charge is 0.450 e. The molecule has 0 aromatic carbocycles. The van der Waals surface area contributed by atoms with E-state index in [1.807, 2.05) is 20.8 Å². The second kappa shape index (κ2) is 6.51. The number of nitrogens with zero attached hydrogens (tertiary/aromatic N) is 4. The lowest BCUT2D eigenvalue weighted by Crippen LogP contribution is -2.37. The van der Waals surface area contributed by atoms with Crippen LogP contribution in [0, 0.1) is 6.92 Å². The number of carbonyl (C=O) groups excluding carboxylic acids is 1. The summed E-state index contributed by atoms with van der Waals surface area (Å²) in [5.74, 6) is 0.626. The highest BCUT2D eigenvalue weighted by atomic mass is 16.6. The molecule has 0 saturated carbocycles. The predicted molar refractivity (Wildman–Crippen MR) is 80.3 cm³/mol. The van der Waals surface area contributed by atoms with Crippen LogP contribution in [0.4, 0.5) is 10.6 Å². The van der Waals surface area contributed by atoms with Crippen molar-refractivity contribution in [2.75, 3.05) is 18.6 Å². The summed E-state index contributed by atoms with van der Waals surface area (Å²) in [5, 5.41) is 12.6. The fourth-order valence-electron chi connectivity index (χ4n) is 2.17. The van der Waals surface area contributed by atoms with Crippen LogP contribution in [0.2, 0.25) is 0 Å². The molecule has 1 aliphatic rings. The Morgan fingerprint density at radius 1 is 1.43 bits per heavy atom. The Kier molecular flexibility index (Phi) is 4.72. The topological polar surface area (TPSA) is 79.7 Å². The van der Waals surface area contributed by atoms with Gasteiger partial charge in [0.05, 0.1) is 18.8 Å². The predicted octanol–water partition coefficient (Wildman–Crippen LogP) is 2.11. The first kappa shape index (κ1) is 15.2. The van der Waals surface area contributed by atoms with Crippen molar-refractivity contribution in [2.45, 2.75) is 40.7 Å². The minimum absolute atomic E-state index is 0.281. The molecule has 114 valence electrons. The maximum Gasteiger partial charge on any atom is 0.410 e. The molecule has 7 heteroatoms. The van der Waals surface area contributed by atoms with Gasteiger partial charge in [0.25, 0.3) is 0 Å². The lowest BCUT2D eigenvalue weighted by Gasteiger charge is -2.28. The van der Waals surface area contributed by atoms with Crippen LogP contribution in [-0.2, 0) is 17.7 Å². The van der Waals surface area contributed by atoms with Crippen molar-refractivity contribution in [3.05, 3.63) is 16.8 Å². The SMILES string of the molecule is CCOC(=O)N1CCc2nnc(NN=C(C)C)c(C)c2C1. The molecule has 2 heterocycles. The molecule has 1 aromatic heterocycles. The summed E-state index contributed by atoms with van der Waals surface area (Å²) >= 11 is 0. The van der Waals surface area contributed by atoms with Gasteiger partial charge in [0.15, 0.2) is 5.82 Å². The van der Waals surface area contributed by atoms with Crippen LogP contribution in [0.3, 0.4) is 0 Å². The van der Waals surface area contributed by atoms with Gasteiger partial charge in [-0.25, -0.2) is 4.79 Å². The first-order valence-corrected chi connectivity index (χ1v) is 7.06. The summed E-state index contributed by atoms with van der Waals surface area (Å²) in [4.78, 5) is 13.5. The molecule has 1 aliphatic heterocycles.